The quantitative estimate of drug-likeness (QED) is 0.553. The Morgan fingerprint density at radius 1 is 1.17 bits per heavy atom. The predicted octanol–water partition coefficient (Wildman–Crippen LogP) is 4.44. The molecule has 1 atom stereocenters. The van der Waals surface area contributed by atoms with Crippen molar-refractivity contribution in [2.75, 3.05) is 5.32 Å². The van der Waals surface area contributed by atoms with Crippen LogP contribution in [0.15, 0.2) is 46.1 Å². The second-order valence-electron chi connectivity index (χ2n) is 7.72. The predicted molar refractivity (Wildman–Crippen MR) is 120 cm³/mol. The van der Waals surface area contributed by atoms with Gasteiger partial charge in [0.05, 0.1) is 11.7 Å². The van der Waals surface area contributed by atoms with Crippen molar-refractivity contribution in [1.82, 2.24) is 14.1 Å². The number of aromatic carboxylic acids is 1. The van der Waals surface area contributed by atoms with Gasteiger partial charge in [0.25, 0.3) is 5.56 Å². The highest BCUT2D eigenvalue weighted by molar-refractivity contribution is 9.10. The van der Waals surface area contributed by atoms with Crippen LogP contribution in [0, 0.1) is 13.8 Å². The molecule has 2 N–H and O–H groups in total. The van der Waals surface area contributed by atoms with E-state index in [1.807, 2.05) is 56.5 Å². The number of nitrogens with one attached hydrogen (secondary N) is 1. The number of pyridine rings is 1. The van der Waals surface area contributed by atoms with Gasteiger partial charge in [0.1, 0.15) is 5.69 Å². The molecule has 0 aliphatic heterocycles. The maximum Gasteiger partial charge on any atom is 0.356 e. The van der Waals surface area contributed by atoms with Gasteiger partial charge in [-0.05, 0) is 60.8 Å². The average Bonchev–Trinajstić information content (AvgIpc) is 3.01. The minimum Gasteiger partial charge on any atom is -0.476 e. The minimum absolute atomic E-state index is 0.0509. The average molecular weight is 473 g/mol. The number of anilines is 1. The fourth-order valence-electron chi connectivity index (χ4n) is 3.55. The second-order valence-corrected chi connectivity index (χ2v) is 8.43. The van der Waals surface area contributed by atoms with Crippen molar-refractivity contribution >= 4 is 27.6 Å². The van der Waals surface area contributed by atoms with Crippen molar-refractivity contribution in [1.29, 1.82) is 0 Å². The zero-order valence-corrected chi connectivity index (χ0v) is 19.2. The first-order valence-corrected chi connectivity index (χ1v) is 10.4. The van der Waals surface area contributed by atoms with E-state index in [1.165, 1.54) is 4.57 Å². The summed E-state index contributed by atoms with van der Waals surface area (Å²) in [5.74, 6) is -1.12. The number of rotatable bonds is 6. The van der Waals surface area contributed by atoms with Crippen LogP contribution in [0.5, 0.6) is 0 Å². The Morgan fingerprint density at radius 2 is 1.80 bits per heavy atom. The van der Waals surface area contributed by atoms with Crippen LogP contribution in [-0.4, -0.2) is 25.2 Å². The molecule has 0 fully saturated rings. The number of halogens is 1. The summed E-state index contributed by atoms with van der Waals surface area (Å²) in [6.45, 7) is 7.81. The Kier molecular flexibility index (Phi) is 6.17. The Bertz CT molecular complexity index is 1150. The van der Waals surface area contributed by atoms with Gasteiger partial charge >= 0.3 is 5.97 Å². The summed E-state index contributed by atoms with van der Waals surface area (Å²) in [5, 5.41) is 13.2. The fraction of sp³-hybridized carbons (Fsp3) is 0.318. The van der Waals surface area contributed by atoms with Gasteiger partial charge in [0.2, 0.25) is 0 Å². The van der Waals surface area contributed by atoms with E-state index in [1.54, 1.807) is 19.3 Å². The molecule has 0 radical (unpaired) electrons. The Balaban J connectivity index is 2.28. The molecule has 2 aromatic heterocycles. The second kappa shape index (κ2) is 8.47. The SMILES string of the molecule is Cc1ccc(C(Nc2cc(C)cn(C)c2=O)c2c(C(=O)O)nc(Br)n2C(C)C)cc1. The molecular formula is C22H25BrN4O3. The highest BCUT2D eigenvalue weighted by Crippen LogP contribution is 2.33. The third kappa shape index (κ3) is 4.18. The first kappa shape index (κ1) is 21.8. The first-order valence-electron chi connectivity index (χ1n) is 9.61. The molecule has 3 rings (SSSR count). The Hall–Kier alpha value is -2.87. The summed E-state index contributed by atoms with van der Waals surface area (Å²) in [5.41, 5.74) is 3.47. The molecule has 8 heteroatoms. The number of aromatic nitrogens is 3. The van der Waals surface area contributed by atoms with E-state index >= 15 is 0 Å². The molecule has 30 heavy (non-hydrogen) atoms. The van der Waals surface area contributed by atoms with Crippen molar-refractivity contribution in [2.24, 2.45) is 7.05 Å². The van der Waals surface area contributed by atoms with Crippen molar-refractivity contribution in [3.63, 3.8) is 0 Å². The molecule has 0 spiro atoms. The lowest BCUT2D eigenvalue weighted by molar-refractivity contribution is 0.0689. The minimum atomic E-state index is -1.12. The summed E-state index contributed by atoms with van der Waals surface area (Å²) >= 11 is 3.41. The molecule has 0 saturated carbocycles. The highest BCUT2D eigenvalue weighted by Gasteiger charge is 2.30. The number of hydrogen-bond acceptors (Lipinski definition) is 4. The summed E-state index contributed by atoms with van der Waals surface area (Å²) in [7, 11) is 1.69. The molecule has 1 unspecified atom stereocenters. The summed E-state index contributed by atoms with van der Waals surface area (Å²) in [6, 6.07) is 8.93. The molecule has 3 aromatic rings. The van der Waals surface area contributed by atoms with Crippen LogP contribution in [-0.2, 0) is 7.05 Å². The van der Waals surface area contributed by atoms with Gasteiger partial charge < -0.3 is 19.6 Å². The van der Waals surface area contributed by atoms with Crippen LogP contribution in [0.1, 0.15) is 58.8 Å². The lowest BCUT2D eigenvalue weighted by atomic mass is 9.99. The number of aryl methyl sites for hydroxylation is 3. The van der Waals surface area contributed by atoms with Crippen molar-refractivity contribution in [3.05, 3.63) is 79.7 Å². The molecule has 1 aromatic carbocycles. The van der Waals surface area contributed by atoms with Crippen molar-refractivity contribution in [2.45, 2.75) is 39.8 Å². The van der Waals surface area contributed by atoms with Gasteiger partial charge in [-0.15, -0.1) is 0 Å². The van der Waals surface area contributed by atoms with Gasteiger partial charge in [-0.3, -0.25) is 4.79 Å². The number of benzene rings is 1. The van der Waals surface area contributed by atoms with E-state index in [9.17, 15) is 14.7 Å². The number of carboxylic acids is 1. The van der Waals surface area contributed by atoms with Crippen LogP contribution >= 0.6 is 15.9 Å². The molecule has 158 valence electrons. The van der Waals surface area contributed by atoms with E-state index in [-0.39, 0.29) is 17.3 Å². The third-order valence-electron chi connectivity index (χ3n) is 4.93. The standard InChI is InChI=1S/C22H25BrN4O3/c1-12(2)27-19(18(21(29)30)25-22(27)23)17(15-8-6-13(3)7-9-15)24-16-10-14(4)11-26(5)20(16)28/h6-12,17,24H,1-5H3,(H,29,30). The molecule has 0 amide bonds. The number of imidazole rings is 1. The number of carboxylic acid groups (broad SMARTS) is 1. The molecule has 0 aliphatic rings. The topological polar surface area (TPSA) is 89.2 Å². The van der Waals surface area contributed by atoms with Crippen LogP contribution < -0.4 is 10.9 Å². The molecular weight excluding hydrogens is 448 g/mol. The van der Waals surface area contributed by atoms with Crippen molar-refractivity contribution < 1.29 is 9.90 Å². The Labute approximate surface area is 183 Å². The van der Waals surface area contributed by atoms with Crippen LogP contribution in [0.2, 0.25) is 0 Å². The molecule has 0 saturated heterocycles. The lowest BCUT2D eigenvalue weighted by Crippen LogP contribution is -2.26. The number of nitrogens with zero attached hydrogens (tertiary/aromatic N) is 3. The Morgan fingerprint density at radius 3 is 2.37 bits per heavy atom. The summed E-state index contributed by atoms with van der Waals surface area (Å²) in [4.78, 5) is 29.1. The van der Waals surface area contributed by atoms with E-state index < -0.39 is 12.0 Å². The third-order valence-corrected chi connectivity index (χ3v) is 5.49. The van der Waals surface area contributed by atoms with E-state index in [0.717, 1.165) is 16.7 Å². The molecule has 0 aliphatic carbocycles. The van der Waals surface area contributed by atoms with Gasteiger partial charge in [-0.25, -0.2) is 9.78 Å². The largest absolute Gasteiger partial charge is 0.476 e. The van der Waals surface area contributed by atoms with Gasteiger partial charge in [0, 0.05) is 19.3 Å². The molecule has 2 heterocycles. The zero-order valence-electron chi connectivity index (χ0n) is 17.6. The van der Waals surface area contributed by atoms with Gasteiger partial charge in [-0.2, -0.15) is 0 Å². The van der Waals surface area contributed by atoms with E-state index in [2.05, 4.69) is 26.2 Å². The maximum atomic E-state index is 12.8. The summed E-state index contributed by atoms with van der Waals surface area (Å²) < 4.78 is 3.78. The van der Waals surface area contributed by atoms with E-state index in [0.29, 0.717) is 16.1 Å². The van der Waals surface area contributed by atoms with E-state index in [4.69, 9.17) is 0 Å². The first-order chi connectivity index (χ1) is 14.1. The van der Waals surface area contributed by atoms with Crippen LogP contribution in [0.25, 0.3) is 0 Å². The maximum absolute atomic E-state index is 12.8. The number of carbonyl (C=O) groups is 1. The monoisotopic (exact) mass is 472 g/mol. The smallest absolute Gasteiger partial charge is 0.356 e. The number of hydrogen-bond donors (Lipinski definition) is 2. The van der Waals surface area contributed by atoms with Gasteiger partial charge in [0.15, 0.2) is 10.4 Å². The summed E-state index contributed by atoms with van der Waals surface area (Å²) in [6.07, 6.45) is 1.76. The van der Waals surface area contributed by atoms with Crippen LogP contribution in [0.4, 0.5) is 5.69 Å². The van der Waals surface area contributed by atoms with Crippen molar-refractivity contribution in [3.8, 4) is 0 Å². The van der Waals surface area contributed by atoms with Gasteiger partial charge in [-0.1, -0.05) is 29.8 Å². The normalized spacial score (nSPS) is 12.2. The van der Waals surface area contributed by atoms with Crippen LogP contribution in [0.3, 0.4) is 0 Å². The molecule has 7 nitrogen and oxygen atoms in total. The zero-order chi connectivity index (χ0) is 22.2. The highest BCUT2D eigenvalue weighted by atomic mass is 79.9. The fourth-order valence-corrected chi connectivity index (χ4v) is 4.33. The molecule has 0 bridgehead atoms. The lowest BCUT2D eigenvalue weighted by Gasteiger charge is -2.25.